The molecule has 3 amide bonds. The Kier molecular flexibility index (Phi) is 4.96. The van der Waals surface area contributed by atoms with Crippen LogP contribution in [0.2, 0.25) is 0 Å². The monoisotopic (exact) mass is 329 g/mol. The van der Waals surface area contributed by atoms with Crippen LogP contribution < -0.4 is 15.5 Å². The molecule has 0 bridgehead atoms. The highest BCUT2D eigenvalue weighted by atomic mass is 35.5. The molecule has 1 atom stereocenters. The van der Waals surface area contributed by atoms with Gasteiger partial charge in [0.15, 0.2) is 0 Å². The number of urea groups is 1. The van der Waals surface area contributed by atoms with Crippen LogP contribution in [0.1, 0.15) is 12.5 Å². The van der Waals surface area contributed by atoms with Gasteiger partial charge < -0.3 is 10.2 Å². The van der Waals surface area contributed by atoms with Gasteiger partial charge in [0.1, 0.15) is 5.54 Å². The Morgan fingerprint density at radius 2 is 1.86 bits per heavy atom. The predicted octanol–water partition coefficient (Wildman–Crippen LogP) is 2.03. The van der Waals surface area contributed by atoms with Crippen LogP contribution in [0, 0.1) is 0 Å². The van der Waals surface area contributed by atoms with Crippen LogP contribution in [-0.4, -0.2) is 36.8 Å². The average Bonchev–Trinajstić information content (AvgIpc) is 2.73. The summed E-state index contributed by atoms with van der Waals surface area (Å²) in [5.41, 5.74) is 0.585. The lowest BCUT2D eigenvalue weighted by Crippen LogP contribution is -2.40. The molecule has 21 heavy (non-hydrogen) atoms. The minimum Gasteiger partial charge on any atom is -0.369 e. The molecule has 0 aromatic heterocycles. The molecule has 114 valence electrons. The highest BCUT2D eigenvalue weighted by Gasteiger charge is 2.43. The predicted molar refractivity (Wildman–Crippen MR) is 84.1 cm³/mol. The molecule has 1 heterocycles. The lowest BCUT2D eigenvalue weighted by atomic mass is 9.92. The van der Waals surface area contributed by atoms with E-state index in [2.05, 4.69) is 10.6 Å². The number of rotatable bonds is 6. The van der Waals surface area contributed by atoms with Crippen LogP contribution in [-0.2, 0) is 10.3 Å². The Balaban J connectivity index is 2.32. The van der Waals surface area contributed by atoms with Crippen molar-refractivity contribution in [3.05, 3.63) is 29.8 Å². The first kappa shape index (κ1) is 15.9. The van der Waals surface area contributed by atoms with Gasteiger partial charge in [0, 0.05) is 30.5 Å². The number of halogens is 2. The van der Waals surface area contributed by atoms with Crippen LogP contribution in [0.15, 0.2) is 24.3 Å². The fraction of sp³-hybridized carbons (Fsp3) is 0.429. The van der Waals surface area contributed by atoms with Crippen molar-refractivity contribution in [3.8, 4) is 0 Å². The number of hydrogen-bond acceptors (Lipinski definition) is 3. The number of hydrogen-bond donors (Lipinski definition) is 2. The van der Waals surface area contributed by atoms with Crippen molar-refractivity contribution < 1.29 is 9.59 Å². The first-order valence-corrected chi connectivity index (χ1v) is 7.69. The minimum absolute atomic E-state index is 0.356. The Hall–Kier alpha value is -1.46. The largest absolute Gasteiger partial charge is 0.369 e. The summed E-state index contributed by atoms with van der Waals surface area (Å²) in [6, 6.07) is 6.99. The van der Waals surface area contributed by atoms with E-state index in [1.807, 2.05) is 29.2 Å². The number of anilines is 1. The van der Waals surface area contributed by atoms with E-state index in [0.717, 1.165) is 11.3 Å². The second kappa shape index (κ2) is 6.54. The first-order valence-electron chi connectivity index (χ1n) is 6.62. The first-order chi connectivity index (χ1) is 10.0. The van der Waals surface area contributed by atoms with Gasteiger partial charge >= 0.3 is 6.03 Å². The molecule has 1 aromatic rings. The summed E-state index contributed by atoms with van der Waals surface area (Å²) in [7, 11) is 0. The quantitative estimate of drug-likeness (QED) is 0.620. The lowest BCUT2D eigenvalue weighted by Gasteiger charge is -2.26. The third-order valence-electron chi connectivity index (χ3n) is 3.54. The summed E-state index contributed by atoms with van der Waals surface area (Å²) < 4.78 is 0. The highest BCUT2D eigenvalue weighted by Crippen LogP contribution is 2.27. The summed E-state index contributed by atoms with van der Waals surface area (Å²) in [5, 5.41) is 4.92. The molecule has 7 heteroatoms. The number of benzene rings is 1. The van der Waals surface area contributed by atoms with Crippen LogP contribution in [0.3, 0.4) is 0 Å². The van der Waals surface area contributed by atoms with E-state index in [0.29, 0.717) is 24.8 Å². The fourth-order valence-corrected chi connectivity index (χ4v) is 2.74. The Labute approximate surface area is 133 Å². The van der Waals surface area contributed by atoms with E-state index < -0.39 is 11.6 Å². The Bertz CT molecular complexity index is 547. The summed E-state index contributed by atoms with van der Waals surface area (Å²) in [6.45, 7) is 3.00. The molecular weight excluding hydrogens is 313 g/mol. The van der Waals surface area contributed by atoms with Crippen LogP contribution in [0.4, 0.5) is 10.5 Å². The average molecular weight is 330 g/mol. The molecule has 1 unspecified atom stereocenters. The zero-order chi connectivity index (χ0) is 15.5. The summed E-state index contributed by atoms with van der Waals surface area (Å²) in [5.74, 6) is 0.608. The van der Waals surface area contributed by atoms with Crippen LogP contribution >= 0.6 is 23.2 Å². The minimum atomic E-state index is -1.05. The van der Waals surface area contributed by atoms with E-state index in [1.54, 1.807) is 6.92 Å². The summed E-state index contributed by atoms with van der Waals surface area (Å²) >= 11 is 11.6. The third-order valence-corrected chi connectivity index (χ3v) is 3.88. The highest BCUT2D eigenvalue weighted by molar-refractivity contribution is 6.18. The van der Waals surface area contributed by atoms with Crippen molar-refractivity contribution in [1.82, 2.24) is 10.6 Å². The number of carbonyl (C=O) groups excluding carboxylic acids is 2. The SMILES string of the molecule is CC1(c2cccc(N(CCCl)CCCl)c2)NC(=O)NC1=O. The summed E-state index contributed by atoms with van der Waals surface area (Å²) in [6.07, 6.45) is 0. The summed E-state index contributed by atoms with van der Waals surface area (Å²) in [4.78, 5) is 25.4. The van der Waals surface area contributed by atoms with Gasteiger partial charge in [-0.1, -0.05) is 12.1 Å². The van der Waals surface area contributed by atoms with Gasteiger partial charge in [-0.3, -0.25) is 10.1 Å². The molecule has 0 spiro atoms. The van der Waals surface area contributed by atoms with Crippen LogP contribution in [0.25, 0.3) is 0 Å². The lowest BCUT2D eigenvalue weighted by molar-refractivity contribution is -0.123. The molecule has 0 radical (unpaired) electrons. The zero-order valence-corrected chi connectivity index (χ0v) is 13.2. The molecule has 5 nitrogen and oxygen atoms in total. The van der Waals surface area contributed by atoms with Crippen molar-refractivity contribution in [2.45, 2.75) is 12.5 Å². The maximum atomic E-state index is 12.0. The van der Waals surface area contributed by atoms with Gasteiger partial charge in [0.25, 0.3) is 5.91 Å². The second-order valence-corrected chi connectivity index (χ2v) is 5.70. The van der Waals surface area contributed by atoms with Crippen molar-refractivity contribution in [1.29, 1.82) is 0 Å². The zero-order valence-electron chi connectivity index (χ0n) is 11.7. The normalized spacial score (nSPS) is 21.1. The molecule has 1 saturated heterocycles. The second-order valence-electron chi connectivity index (χ2n) is 4.95. The van der Waals surface area contributed by atoms with Crippen molar-refractivity contribution in [2.24, 2.45) is 0 Å². The molecule has 1 aromatic carbocycles. The van der Waals surface area contributed by atoms with Gasteiger partial charge in [-0.25, -0.2) is 4.79 Å². The molecule has 1 aliphatic rings. The number of alkyl halides is 2. The van der Waals surface area contributed by atoms with Gasteiger partial charge in [-0.05, 0) is 24.6 Å². The molecule has 1 aliphatic heterocycles. The number of amides is 3. The van der Waals surface area contributed by atoms with Crippen LogP contribution in [0.5, 0.6) is 0 Å². The van der Waals surface area contributed by atoms with E-state index in [4.69, 9.17) is 23.2 Å². The number of carbonyl (C=O) groups is 2. The van der Waals surface area contributed by atoms with Gasteiger partial charge in [0.2, 0.25) is 0 Å². The maximum absolute atomic E-state index is 12.0. The molecule has 2 N–H and O–H groups in total. The van der Waals surface area contributed by atoms with Crippen molar-refractivity contribution in [3.63, 3.8) is 0 Å². The van der Waals surface area contributed by atoms with Gasteiger partial charge in [0.05, 0.1) is 0 Å². The van der Waals surface area contributed by atoms with Gasteiger partial charge in [-0.15, -0.1) is 23.2 Å². The van der Waals surface area contributed by atoms with Crippen molar-refractivity contribution in [2.75, 3.05) is 29.7 Å². The standard InChI is InChI=1S/C14H17Cl2N3O2/c1-14(12(20)17-13(21)18-14)10-3-2-4-11(9-10)19(7-5-15)8-6-16/h2-4,9H,5-8H2,1H3,(H2,17,18,20,21). The van der Waals surface area contributed by atoms with E-state index in [9.17, 15) is 9.59 Å². The number of nitrogens with one attached hydrogen (secondary N) is 2. The molecule has 0 saturated carbocycles. The Morgan fingerprint density at radius 3 is 2.38 bits per heavy atom. The van der Waals surface area contributed by atoms with Gasteiger partial charge in [-0.2, -0.15) is 0 Å². The third kappa shape index (κ3) is 3.24. The topological polar surface area (TPSA) is 61.4 Å². The number of nitrogens with zero attached hydrogens (tertiary/aromatic N) is 1. The fourth-order valence-electron chi connectivity index (χ4n) is 2.33. The number of imide groups is 1. The molecular formula is C14H17Cl2N3O2. The van der Waals surface area contributed by atoms with E-state index >= 15 is 0 Å². The molecule has 1 fully saturated rings. The van der Waals surface area contributed by atoms with E-state index in [1.165, 1.54) is 0 Å². The molecule has 0 aliphatic carbocycles. The maximum Gasteiger partial charge on any atom is 0.322 e. The molecule has 2 rings (SSSR count). The Morgan fingerprint density at radius 1 is 1.19 bits per heavy atom. The van der Waals surface area contributed by atoms with Crippen molar-refractivity contribution >= 4 is 40.8 Å². The van der Waals surface area contributed by atoms with E-state index in [-0.39, 0.29) is 5.91 Å². The smallest absolute Gasteiger partial charge is 0.322 e.